The van der Waals surface area contributed by atoms with Crippen molar-refractivity contribution in [2.45, 2.75) is 25.9 Å². The van der Waals surface area contributed by atoms with Gasteiger partial charge >= 0.3 is 0 Å². The van der Waals surface area contributed by atoms with E-state index in [2.05, 4.69) is 27.2 Å². The van der Waals surface area contributed by atoms with Crippen molar-refractivity contribution in [3.05, 3.63) is 47.6 Å². The van der Waals surface area contributed by atoms with Crippen LogP contribution in [-0.4, -0.2) is 33.8 Å². The molecule has 19 heavy (non-hydrogen) atoms. The number of hydrogen-bond donors (Lipinski definition) is 1. The van der Waals surface area contributed by atoms with E-state index in [0.717, 1.165) is 0 Å². The fourth-order valence-electron chi connectivity index (χ4n) is 2.18. The Morgan fingerprint density at radius 3 is 2.63 bits per heavy atom. The highest BCUT2D eigenvalue weighted by molar-refractivity contribution is 5.19. The zero-order valence-electron chi connectivity index (χ0n) is 11.3. The van der Waals surface area contributed by atoms with Gasteiger partial charge in [-0.25, -0.2) is 0 Å². The van der Waals surface area contributed by atoms with Crippen LogP contribution < -0.4 is 0 Å². The summed E-state index contributed by atoms with van der Waals surface area (Å²) in [5.74, 6) is 1.24. The quantitative estimate of drug-likeness (QED) is 0.861. The smallest absolute Gasteiger partial charge is 0.223 e. The van der Waals surface area contributed by atoms with Gasteiger partial charge in [0.25, 0.3) is 0 Å². The van der Waals surface area contributed by atoms with E-state index < -0.39 is 0 Å². The van der Waals surface area contributed by atoms with Gasteiger partial charge in [0, 0.05) is 19.6 Å². The number of benzene rings is 1. The summed E-state index contributed by atoms with van der Waals surface area (Å²) >= 11 is 0. The van der Waals surface area contributed by atoms with Gasteiger partial charge in [-0.3, -0.25) is 4.90 Å². The second-order valence-electron chi connectivity index (χ2n) is 4.58. The molecule has 0 unspecified atom stereocenters. The summed E-state index contributed by atoms with van der Waals surface area (Å²) in [6.07, 6.45) is 0.678. The van der Waals surface area contributed by atoms with Crippen molar-refractivity contribution in [1.82, 2.24) is 15.0 Å². The predicted octanol–water partition coefficient (Wildman–Crippen LogP) is 1.93. The zero-order chi connectivity index (χ0) is 13.7. The first kappa shape index (κ1) is 13.7. The second-order valence-corrected chi connectivity index (χ2v) is 4.58. The van der Waals surface area contributed by atoms with Crippen LogP contribution in [0.5, 0.6) is 0 Å². The van der Waals surface area contributed by atoms with Crippen LogP contribution in [-0.2, 0) is 6.54 Å². The summed E-state index contributed by atoms with van der Waals surface area (Å²) in [6, 6.07) is 10.3. The van der Waals surface area contributed by atoms with Crippen molar-refractivity contribution in [2.75, 3.05) is 13.7 Å². The molecule has 0 radical (unpaired) electrons. The van der Waals surface area contributed by atoms with E-state index in [-0.39, 0.29) is 12.6 Å². The fourth-order valence-corrected chi connectivity index (χ4v) is 2.18. The van der Waals surface area contributed by atoms with Crippen LogP contribution in [0.4, 0.5) is 0 Å². The third-order valence-corrected chi connectivity index (χ3v) is 3.08. The van der Waals surface area contributed by atoms with Crippen molar-refractivity contribution >= 4 is 0 Å². The van der Waals surface area contributed by atoms with Gasteiger partial charge in [-0.15, -0.1) is 0 Å². The standard InChI is InChI=1S/C14H19N3O2/c1-11-15-14(16-19-11)10-17(2)13(8-9-18)12-6-4-3-5-7-12/h3-7,13,18H,8-10H2,1-2H3/t13-/m0/s1. The van der Waals surface area contributed by atoms with Crippen LogP contribution in [0.1, 0.15) is 29.7 Å². The Bertz CT molecular complexity index is 498. The maximum atomic E-state index is 9.24. The molecule has 1 heterocycles. The lowest BCUT2D eigenvalue weighted by Crippen LogP contribution is -2.25. The molecule has 102 valence electrons. The fraction of sp³-hybridized carbons (Fsp3) is 0.429. The van der Waals surface area contributed by atoms with Gasteiger partial charge in [-0.2, -0.15) is 4.98 Å². The molecule has 0 fully saturated rings. The third-order valence-electron chi connectivity index (χ3n) is 3.08. The number of aryl methyl sites for hydroxylation is 1. The molecule has 2 aromatic rings. The van der Waals surface area contributed by atoms with E-state index in [1.807, 2.05) is 25.2 Å². The number of nitrogens with zero attached hydrogens (tertiary/aromatic N) is 3. The molecule has 1 N–H and O–H groups in total. The maximum Gasteiger partial charge on any atom is 0.223 e. The minimum Gasteiger partial charge on any atom is -0.396 e. The molecular formula is C14H19N3O2. The van der Waals surface area contributed by atoms with Crippen LogP contribution in [0.25, 0.3) is 0 Å². The third kappa shape index (κ3) is 3.62. The van der Waals surface area contributed by atoms with E-state index in [9.17, 15) is 5.11 Å². The predicted molar refractivity (Wildman–Crippen MR) is 71.4 cm³/mol. The molecule has 1 aromatic heterocycles. The van der Waals surface area contributed by atoms with Gasteiger partial charge < -0.3 is 9.63 Å². The first-order valence-corrected chi connectivity index (χ1v) is 6.36. The van der Waals surface area contributed by atoms with Gasteiger partial charge in [0.05, 0.1) is 6.54 Å². The Morgan fingerprint density at radius 2 is 2.05 bits per heavy atom. The Kier molecular flexibility index (Phi) is 4.65. The molecule has 0 saturated carbocycles. The second kappa shape index (κ2) is 6.45. The molecule has 0 spiro atoms. The molecule has 5 nitrogen and oxygen atoms in total. The molecule has 0 aliphatic heterocycles. The summed E-state index contributed by atoms with van der Waals surface area (Å²) < 4.78 is 4.97. The van der Waals surface area contributed by atoms with Crippen molar-refractivity contribution in [2.24, 2.45) is 0 Å². The monoisotopic (exact) mass is 261 g/mol. The first-order valence-electron chi connectivity index (χ1n) is 6.36. The minimum atomic E-state index is 0.144. The Morgan fingerprint density at radius 1 is 1.32 bits per heavy atom. The van der Waals surface area contributed by atoms with Crippen LogP contribution in [0, 0.1) is 6.92 Å². The topological polar surface area (TPSA) is 62.4 Å². The van der Waals surface area contributed by atoms with E-state index in [1.165, 1.54) is 5.56 Å². The molecular weight excluding hydrogens is 242 g/mol. The molecule has 0 amide bonds. The molecule has 0 bridgehead atoms. The SMILES string of the molecule is Cc1nc(CN(C)[C@@H](CCO)c2ccccc2)no1. The largest absolute Gasteiger partial charge is 0.396 e. The maximum absolute atomic E-state index is 9.24. The summed E-state index contributed by atoms with van der Waals surface area (Å²) in [5, 5.41) is 13.1. The number of aliphatic hydroxyl groups excluding tert-OH is 1. The van der Waals surface area contributed by atoms with Crippen LogP contribution >= 0.6 is 0 Å². The molecule has 0 aliphatic rings. The van der Waals surface area contributed by atoms with Crippen molar-refractivity contribution in [3.8, 4) is 0 Å². The Balaban J connectivity index is 2.10. The first-order chi connectivity index (χ1) is 9.20. The molecule has 0 aliphatic carbocycles. The normalized spacial score (nSPS) is 12.8. The highest BCUT2D eigenvalue weighted by Gasteiger charge is 2.18. The van der Waals surface area contributed by atoms with E-state index in [0.29, 0.717) is 24.7 Å². The molecule has 1 atom stereocenters. The van der Waals surface area contributed by atoms with Crippen molar-refractivity contribution in [1.29, 1.82) is 0 Å². The van der Waals surface area contributed by atoms with Gasteiger partial charge in [0.1, 0.15) is 0 Å². The molecule has 1 aromatic carbocycles. The van der Waals surface area contributed by atoms with Crippen molar-refractivity contribution < 1.29 is 9.63 Å². The zero-order valence-corrected chi connectivity index (χ0v) is 11.3. The lowest BCUT2D eigenvalue weighted by atomic mass is 10.0. The lowest BCUT2D eigenvalue weighted by molar-refractivity contribution is 0.175. The molecule has 0 saturated heterocycles. The summed E-state index contributed by atoms with van der Waals surface area (Å²) in [6.45, 7) is 2.52. The number of aliphatic hydroxyl groups is 1. The van der Waals surface area contributed by atoms with E-state index >= 15 is 0 Å². The average molecular weight is 261 g/mol. The van der Waals surface area contributed by atoms with E-state index in [1.54, 1.807) is 6.92 Å². The van der Waals surface area contributed by atoms with Crippen molar-refractivity contribution in [3.63, 3.8) is 0 Å². The molecule has 5 heteroatoms. The van der Waals surface area contributed by atoms with Crippen LogP contribution in [0.3, 0.4) is 0 Å². The van der Waals surface area contributed by atoms with Crippen LogP contribution in [0.2, 0.25) is 0 Å². The summed E-state index contributed by atoms with van der Waals surface area (Å²) in [4.78, 5) is 6.33. The van der Waals surface area contributed by atoms with Gasteiger partial charge in [-0.1, -0.05) is 35.5 Å². The van der Waals surface area contributed by atoms with Gasteiger partial charge in [0.15, 0.2) is 5.82 Å². The number of rotatable bonds is 6. The number of aromatic nitrogens is 2. The molecule has 2 rings (SSSR count). The lowest BCUT2D eigenvalue weighted by Gasteiger charge is -2.26. The summed E-state index contributed by atoms with van der Waals surface area (Å²) in [7, 11) is 2.00. The number of hydrogen-bond acceptors (Lipinski definition) is 5. The Hall–Kier alpha value is -1.72. The Labute approximate surface area is 112 Å². The average Bonchev–Trinajstić information content (AvgIpc) is 2.82. The highest BCUT2D eigenvalue weighted by Crippen LogP contribution is 2.23. The van der Waals surface area contributed by atoms with Crippen LogP contribution in [0.15, 0.2) is 34.9 Å². The van der Waals surface area contributed by atoms with E-state index in [4.69, 9.17) is 4.52 Å². The van der Waals surface area contributed by atoms with Gasteiger partial charge in [0.2, 0.25) is 5.89 Å². The minimum absolute atomic E-state index is 0.144. The van der Waals surface area contributed by atoms with Gasteiger partial charge in [-0.05, 0) is 19.0 Å². The highest BCUT2D eigenvalue weighted by atomic mass is 16.5. The summed E-state index contributed by atoms with van der Waals surface area (Å²) in [5.41, 5.74) is 1.18.